The second kappa shape index (κ2) is 5.65. The van der Waals surface area contributed by atoms with E-state index in [-0.39, 0.29) is 0 Å². The van der Waals surface area contributed by atoms with Gasteiger partial charge in [-0.2, -0.15) is 0 Å². The molecular weight excluding hydrogens is 248 g/mol. The van der Waals surface area contributed by atoms with Crippen LogP contribution in [-0.4, -0.2) is 37.9 Å². The summed E-state index contributed by atoms with van der Waals surface area (Å²) in [4.78, 5) is 9.19. The van der Waals surface area contributed by atoms with Crippen LogP contribution in [0.4, 0.5) is 0 Å². The molecule has 2 N–H and O–H groups in total. The van der Waals surface area contributed by atoms with Gasteiger partial charge in [-0.25, -0.2) is 0 Å². The van der Waals surface area contributed by atoms with E-state index in [0.717, 1.165) is 49.0 Å². The Hall–Kier alpha value is -1.84. The molecule has 0 radical (unpaired) electrons. The van der Waals surface area contributed by atoms with E-state index in [1.165, 1.54) is 0 Å². The molecule has 0 aliphatic carbocycles. The van der Waals surface area contributed by atoms with Crippen LogP contribution in [0.15, 0.2) is 34.3 Å². The van der Waals surface area contributed by atoms with Crippen molar-refractivity contribution in [1.82, 2.24) is 10.6 Å². The third kappa shape index (κ3) is 2.84. The summed E-state index contributed by atoms with van der Waals surface area (Å²) in [6, 6.07) is 8.50. The van der Waals surface area contributed by atoms with Crippen molar-refractivity contribution in [2.75, 3.05) is 26.2 Å². The maximum Gasteiger partial charge on any atom is 0.128 e. The Morgan fingerprint density at radius 2 is 1.20 bits per heavy atom. The van der Waals surface area contributed by atoms with E-state index in [4.69, 9.17) is 0 Å². The summed E-state index contributed by atoms with van der Waals surface area (Å²) in [6.07, 6.45) is 0. The molecule has 0 amide bonds. The van der Waals surface area contributed by atoms with Gasteiger partial charge < -0.3 is 10.6 Å². The fourth-order valence-corrected chi connectivity index (χ4v) is 2.45. The number of nitrogens with one attached hydrogen (secondary N) is 2. The monoisotopic (exact) mass is 270 g/mol. The molecule has 4 heteroatoms. The predicted octanol–water partition coefficient (Wildman–Crippen LogP) is 1.66. The number of nitrogens with zero attached hydrogens (tertiary/aromatic N) is 2. The smallest absolute Gasteiger partial charge is 0.128 e. The Morgan fingerprint density at radius 3 is 1.50 bits per heavy atom. The zero-order chi connectivity index (χ0) is 13.9. The van der Waals surface area contributed by atoms with Gasteiger partial charge in [-0.3, -0.25) is 9.98 Å². The highest BCUT2D eigenvalue weighted by molar-refractivity contribution is 6.02. The first-order valence-electron chi connectivity index (χ1n) is 7.40. The SMILES string of the molecule is CC1CN=C(c2ccc(C3=NCC(C)CN3)cc2)NC1. The maximum absolute atomic E-state index is 4.59. The van der Waals surface area contributed by atoms with Crippen molar-refractivity contribution in [1.29, 1.82) is 0 Å². The van der Waals surface area contributed by atoms with Gasteiger partial charge >= 0.3 is 0 Å². The second-order valence-corrected chi connectivity index (χ2v) is 5.93. The first kappa shape index (κ1) is 13.2. The van der Waals surface area contributed by atoms with Crippen LogP contribution >= 0.6 is 0 Å². The Labute approximate surface area is 120 Å². The standard InChI is InChI=1S/C16H22N4/c1-11-7-17-15(18-8-11)13-3-5-14(6-4-13)16-19-9-12(2)10-20-16/h3-6,11-12H,7-10H2,1-2H3,(H,17,18)(H,19,20). The van der Waals surface area contributed by atoms with Crippen molar-refractivity contribution in [2.24, 2.45) is 21.8 Å². The first-order valence-corrected chi connectivity index (χ1v) is 7.40. The van der Waals surface area contributed by atoms with E-state index in [2.05, 4.69) is 58.7 Å². The summed E-state index contributed by atoms with van der Waals surface area (Å²) >= 11 is 0. The molecule has 106 valence electrons. The van der Waals surface area contributed by atoms with Crippen LogP contribution in [0.25, 0.3) is 0 Å². The molecule has 2 aliphatic rings. The summed E-state index contributed by atoms with van der Waals surface area (Å²) in [7, 11) is 0. The molecule has 2 heterocycles. The minimum Gasteiger partial charge on any atom is -0.370 e. The van der Waals surface area contributed by atoms with Gasteiger partial charge in [0.1, 0.15) is 11.7 Å². The van der Waals surface area contributed by atoms with Crippen LogP contribution in [0.3, 0.4) is 0 Å². The molecule has 0 saturated carbocycles. The van der Waals surface area contributed by atoms with Crippen LogP contribution in [0.5, 0.6) is 0 Å². The Bertz CT molecular complexity index is 481. The molecule has 1 aromatic carbocycles. The fraction of sp³-hybridized carbons (Fsp3) is 0.500. The molecule has 0 saturated heterocycles. The summed E-state index contributed by atoms with van der Waals surface area (Å²) in [5, 5.41) is 6.79. The van der Waals surface area contributed by atoms with E-state index in [0.29, 0.717) is 11.8 Å². The molecule has 1 aromatic rings. The fourth-order valence-electron chi connectivity index (χ4n) is 2.45. The van der Waals surface area contributed by atoms with Crippen LogP contribution in [0, 0.1) is 11.8 Å². The van der Waals surface area contributed by atoms with Crippen molar-refractivity contribution in [3.63, 3.8) is 0 Å². The number of hydrogen-bond acceptors (Lipinski definition) is 4. The average Bonchev–Trinajstić information content (AvgIpc) is 2.49. The highest BCUT2D eigenvalue weighted by Gasteiger charge is 2.14. The summed E-state index contributed by atoms with van der Waals surface area (Å²) in [6.45, 7) is 8.26. The number of hydrogen-bond donors (Lipinski definition) is 2. The molecule has 0 fully saturated rings. The molecule has 3 rings (SSSR count). The number of aliphatic imine (C=N–C) groups is 2. The van der Waals surface area contributed by atoms with Gasteiger partial charge in [0.2, 0.25) is 0 Å². The molecule has 0 spiro atoms. The minimum absolute atomic E-state index is 0.626. The molecule has 0 aromatic heterocycles. The molecule has 0 bridgehead atoms. The lowest BCUT2D eigenvalue weighted by Gasteiger charge is -2.21. The van der Waals surface area contributed by atoms with E-state index in [9.17, 15) is 0 Å². The Morgan fingerprint density at radius 1 is 0.800 bits per heavy atom. The summed E-state index contributed by atoms with van der Waals surface area (Å²) in [5.41, 5.74) is 2.32. The number of rotatable bonds is 2. The van der Waals surface area contributed by atoms with Gasteiger partial charge in [-0.1, -0.05) is 38.1 Å². The minimum atomic E-state index is 0.626. The lowest BCUT2D eigenvalue weighted by Crippen LogP contribution is -2.36. The summed E-state index contributed by atoms with van der Waals surface area (Å²) in [5.74, 6) is 3.28. The predicted molar refractivity (Wildman–Crippen MR) is 83.6 cm³/mol. The van der Waals surface area contributed by atoms with E-state index in [1.807, 2.05) is 0 Å². The molecule has 2 atom stereocenters. The lowest BCUT2D eigenvalue weighted by atomic mass is 10.1. The molecule has 4 nitrogen and oxygen atoms in total. The highest BCUT2D eigenvalue weighted by Crippen LogP contribution is 2.11. The first-order chi connectivity index (χ1) is 9.72. The topological polar surface area (TPSA) is 48.8 Å². The van der Waals surface area contributed by atoms with Gasteiger partial charge in [0.05, 0.1) is 0 Å². The van der Waals surface area contributed by atoms with Gasteiger partial charge in [0, 0.05) is 37.3 Å². The normalized spacial score (nSPS) is 26.1. The van der Waals surface area contributed by atoms with Gasteiger partial charge in [0.25, 0.3) is 0 Å². The van der Waals surface area contributed by atoms with Crippen molar-refractivity contribution in [3.05, 3.63) is 35.4 Å². The Balaban J connectivity index is 1.75. The van der Waals surface area contributed by atoms with Crippen molar-refractivity contribution >= 4 is 11.7 Å². The van der Waals surface area contributed by atoms with Crippen LogP contribution in [0.1, 0.15) is 25.0 Å². The second-order valence-electron chi connectivity index (χ2n) is 5.93. The third-order valence-electron chi connectivity index (χ3n) is 3.79. The molecule has 2 aliphatic heterocycles. The van der Waals surface area contributed by atoms with Gasteiger partial charge in [0.15, 0.2) is 0 Å². The Kier molecular flexibility index (Phi) is 3.72. The van der Waals surface area contributed by atoms with Crippen LogP contribution < -0.4 is 10.6 Å². The summed E-state index contributed by atoms with van der Waals surface area (Å²) < 4.78 is 0. The number of benzene rings is 1. The number of amidine groups is 2. The zero-order valence-electron chi connectivity index (χ0n) is 12.2. The average molecular weight is 270 g/mol. The van der Waals surface area contributed by atoms with Gasteiger partial charge in [-0.15, -0.1) is 0 Å². The van der Waals surface area contributed by atoms with E-state index in [1.54, 1.807) is 0 Å². The van der Waals surface area contributed by atoms with Crippen LogP contribution in [0.2, 0.25) is 0 Å². The van der Waals surface area contributed by atoms with Crippen molar-refractivity contribution < 1.29 is 0 Å². The lowest BCUT2D eigenvalue weighted by molar-refractivity contribution is 0.554. The zero-order valence-corrected chi connectivity index (χ0v) is 12.2. The van der Waals surface area contributed by atoms with Crippen LogP contribution in [-0.2, 0) is 0 Å². The highest BCUT2D eigenvalue weighted by atomic mass is 15.0. The van der Waals surface area contributed by atoms with E-state index < -0.39 is 0 Å². The van der Waals surface area contributed by atoms with Gasteiger partial charge in [-0.05, 0) is 11.8 Å². The van der Waals surface area contributed by atoms with Crippen molar-refractivity contribution in [2.45, 2.75) is 13.8 Å². The van der Waals surface area contributed by atoms with Crippen molar-refractivity contribution in [3.8, 4) is 0 Å². The van der Waals surface area contributed by atoms with E-state index >= 15 is 0 Å². The molecular formula is C16H22N4. The molecule has 2 unspecified atom stereocenters. The largest absolute Gasteiger partial charge is 0.370 e. The molecule has 20 heavy (non-hydrogen) atoms. The quantitative estimate of drug-likeness (QED) is 0.858. The third-order valence-corrected chi connectivity index (χ3v) is 3.79. The maximum atomic E-state index is 4.59.